The van der Waals surface area contributed by atoms with Crippen molar-refractivity contribution in [2.45, 2.75) is 41.9 Å². The van der Waals surface area contributed by atoms with E-state index in [0.29, 0.717) is 5.02 Å². The van der Waals surface area contributed by atoms with E-state index in [-0.39, 0.29) is 4.32 Å². The molecule has 0 bridgehead atoms. The van der Waals surface area contributed by atoms with Crippen LogP contribution in [0.1, 0.15) is 10.8 Å². The summed E-state index contributed by atoms with van der Waals surface area (Å²) in [4.78, 5) is 13.9. The zero-order valence-electron chi connectivity index (χ0n) is 13.9. The van der Waals surface area contributed by atoms with Crippen molar-refractivity contribution in [1.29, 1.82) is 0 Å². The quantitative estimate of drug-likeness (QED) is 0.394. The van der Waals surface area contributed by atoms with E-state index in [9.17, 15) is 25.2 Å². The molecule has 2 aliphatic heterocycles. The van der Waals surface area contributed by atoms with Crippen molar-refractivity contribution in [2.75, 3.05) is 6.61 Å². The predicted molar refractivity (Wildman–Crippen MR) is 103 cm³/mol. The van der Waals surface area contributed by atoms with Crippen LogP contribution >= 0.6 is 35.6 Å². The average Bonchev–Trinajstić information content (AvgIpc) is 2.65. The highest BCUT2D eigenvalue weighted by Gasteiger charge is 2.51. The minimum atomic E-state index is -1.62. The smallest absolute Gasteiger partial charge is 0.248 e. The Morgan fingerprint density at radius 3 is 2.41 bits per heavy atom. The van der Waals surface area contributed by atoms with Gasteiger partial charge in [-0.05, 0) is 17.7 Å². The lowest BCUT2D eigenvalue weighted by atomic mass is 9.97. The van der Waals surface area contributed by atoms with Crippen molar-refractivity contribution in [2.24, 2.45) is 5.73 Å². The maximum absolute atomic E-state index is 12.9. The summed E-state index contributed by atoms with van der Waals surface area (Å²) in [6.07, 6.45) is -7.29. The average molecular weight is 435 g/mol. The fourth-order valence-corrected chi connectivity index (χ4v) is 4.78. The molecular formula is C16H19ClN2O6S2. The summed E-state index contributed by atoms with van der Waals surface area (Å²) in [5.41, 5.74) is 6.89. The van der Waals surface area contributed by atoms with Gasteiger partial charge in [-0.15, -0.1) is 0 Å². The Labute approximate surface area is 169 Å². The normalized spacial score (nSPS) is 37.6. The van der Waals surface area contributed by atoms with E-state index in [1.807, 2.05) is 0 Å². The highest BCUT2D eigenvalue weighted by molar-refractivity contribution is 8.23. The van der Waals surface area contributed by atoms with Gasteiger partial charge in [-0.25, -0.2) is 0 Å². The predicted octanol–water partition coefficient (Wildman–Crippen LogP) is -0.631. The molecule has 2 fully saturated rings. The molecule has 0 spiro atoms. The van der Waals surface area contributed by atoms with Crippen molar-refractivity contribution >= 4 is 45.8 Å². The number of amides is 1. The van der Waals surface area contributed by atoms with Gasteiger partial charge in [0.15, 0.2) is 6.23 Å². The number of benzene rings is 1. The van der Waals surface area contributed by atoms with Crippen LogP contribution in [0.25, 0.3) is 0 Å². The first-order chi connectivity index (χ1) is 12.8. The SMILES string of the molecule is N[C@H]1C(=O)N([C@@H]2O[C@H](CO)[C@H](O)[C@H](O)[C@H]2O)C(=S)S[C@H]1c1ccc(Cl)cc1. The number of thiocarbonyl (C=S) groups is 1. The summed E-state index contributed by atoms with van der Waals surface area (Å²) in [7, 11) is 0. The summed E-state index contributed by atoms with van der Waals surface area (Å²) >= 11 is 12.4. The van der Waals surface area contributed by atoms with Crippen LogP contribution in [0.15, 0.2) is 24.3 Å². The molecule has 1 aromatic carbocycles. The molecule has 3 rings (SSSR count). The minimum absolute atomic E-state index is 0.103. The summed E-state index contributed by atoms with van der Waals surface area (Å²) in [5, 5.41) is 39.6. The summed E-state index contributed by atoms with van der Waals surface area (Å²) in [6, 6.07) is 5.87. The summed E-state index contributed by atoms with van der Waals surface area (Å²) in [6.45, 7) is -0.608. The standard InChI is InChI=1S/C16H19ClN2O6S2/c17-7-3-1-6(2-4-7)13-9(18)14(24)19(16(26)27-13)15-12(23)11(22)10(21)8(5-20)25-15/h1-4,8-13,15,20-23H,5,18H2/t8-,9-,10+,11+,12-,13+,15-/m1/s1. The monoisotopic (exact) mass is 434 g/mol. The Balaban J connectivity index is 1.85. The lowest BCUT2D eigenvalue weighted by molar-refractivity contribution is -0.253. The van der Waals surface area contributed by atoms with E-state index in [2.05, 4.69) is 0 Å². The second kappa shape index (κ2) is 8.27. The van der Waals surface area contributed by atoms with E-state index in [1.54, 1.807) is 24.3 Å². The van der Waals surface area contributed by atoms with Gasteiger partial charge >= 0.3 is 0 Å². The highest BCUT2D eigenvalue weighted by atomic mass is 35.5. The van der Waals surface area contributed by atoms with Crippen LogP contribution < -0.4 is 5.73 Å². The molecule has 6 N–H and O–H groups in total. The molecule has 1 aromatic rings. The topological polar surface area (TPSA) is 136 Å². The molecule has 2 saturated heterocycles. The highest BCUT2D eigenvalue weighted by Crippen LogP contribution is 2.40. The number of rotatable bonds is 3. The molecule has 0 saturated carbocycles. The molecule has 8 nitrogen and oxygen atoms in total. The Kier molecular flexibility index (Phi) is 6.41. The maximum Gasteiger partial charge on any atom is 0.248 e. The van der Waals surface area contributed by atoms with Gasteiger partial charge in [0.05, 0.1) is 11.9 Å². The number of hydrogen-bond donors (Lipinski definition) is 5. The largest absolute Gasteiger partial charge is 0.394 e. The van der Waals surface area contributed by atoms with Crippen molar-refractivity contribution in [3.8, 4) is 0 Å². The Bertz CT molecular complexity index is 721. The van der Waals surface area contributed by atoms with Crippen molar-refractivity contribution in [3.63, 3.8) is 0 Å². The first kappa shape index (κ1) is 20.9. The second-order valence-corrected chi connectivity index (χ2v) is 8.52. The van der Waals surface area contributed by atoms with E-state index in [4.69, 9.17) is 34.3 Å². The van der Waals surface area contributed by atoms with Crippen LogP contribution in [0.5, 0.6) is 0 Å². The van der Waals surface area contributed by atoms with Gasteiger partial charge in [0.25, 0.3) is 0 Å². The number of thioether (sulfide) groups is 1. The number of carbonyl (C=O) groups excluding carboxylic acids is 1. The van der Waals surface area contributed by atoms with Crippen LogP contribution in [-0.4, -0.2) is 78.8 Å². The van der Waals surface area contributed by atoms with Crippen LogP contribution in [0.2, 0.25) is 5.02 Å². The maximum atomic E-state index is 12.9. The number of halogens is 1. The van der Waals surface area contributed by atoms with Gasteiger partial charge in [0.2, 0.25) is 5.91 Å². The fraction of sp³-hybridized carbons (Fsp3) is 0.500. The molecule has 148 valence electrons. The third-order valence-electron chi connectivity index (χ3n) is 4.59. The van der Waals surface area contributed by atoms with E-state index >= 15 is 0 Å². The molecule has 0 unspecified atom stereocenters. The van der Waals surface area contributed by atoms with Gasteiger partial charge in [-0.1, -0.05) is 47.7 Å². The number of ether oxygens (including phenoxy) is 1. The lowest BCUT2D eigenvalue weighted by Gasteiger charge is -2.47. The van der Waals surface area contributed by atoms with E-state index < -0.39 is 54.4 Å². The first-order valence-corrected chi connectivity index (χ1v) is 9.78. The first-order valence-electron chi connectivity index (χ1n) is 8.11. The number of nitrogens with zero attached hydrogens (tertiary/aromatic N) is 1. The fourth-order valence-electron chi connectivity index (χ4n) is 3.07. The van der Waals surface area contributed by atoms with E-state index in [1.165, 1.54) is 0 Å². The molecule has 1 amide bonds. The Morgan fingerprint density at radius 2 is 1.81 bits per heavy atom. The molecule has 2 heterocycles. The third kappa shape index (κ3) is 3.86. The molecular weight excluding hydrogens is 416 g/mol. The molecule has 2 aliphatic rings. The van der Waals surface area contributed by atoms with Crippen LogP contribution in [-0.2, 0) is 9.53 Å². The number of carbonyl (C=O) groups is 1. The van der Waals surface area contributed by atoms with Gasteiger partial charge in [-0.2, -0.15) is 0 Å². The number of hydrogen-bond acceptors (Lipinski definition) is 9. The molecule has 27 heavy (non-hydrogen) atoms. The van der Waals surface area contributed by atoms with Gasteiger partial charge in [0.1, 0.15) is 34.8 Å². The van der Waals surface area contributed by atoms with Gasteiger partial charge in [0, 0.05) is 5.02 Å². The van der Waals surface area contributed by atoms with Crippen LogP contribution in [0.3, 0.4) is 0 Å². The van der Waals surface area contributed by atoms with E-state index in [0.717, 1.165) is 22.2 Å². The number of nitrogens with two attached hydrogens (primary N) is 1. The summed E-state index contributed by atoms with van der Waals surface area (Å²) in [5.74, 6) is -0.594. The van der Waals surface area contributed by atoms with Gasteiger partial charge in [-0.3, -0.25) is 9.69 Å². The third-order valence-corrected chi connectivity index (χ3v) is 6.55. The number of aliphatic hydroxyl groups is 4. The van der Waals surface area contributed by atoms with Crippen molar-refractivity contribution in [1.82, 2.24) is 4.90 Å². The van der Waals surface area contributed by atoms with Crippen molar-refractivity contribution < 1.29 is 30.0 Å². The zero-order valence-corrected chi connectivity index (χ0v) is 16.3. The molecule has 0 aliphatic carbocycles. The Morgan fingerprint density at radius 1 is 1.19 bits per heavy atom. The minimum Gasteiger partial charge on any atom is -0.394 e. The summed E-state index contributed by atoms with van der Waals surface area (Å²) < 4.78 is 5.54. The zero-order chi connectivity index (χ0) is 19.9. The molecule has 11 heteroatoms. The van der Waals surface area contributed by atoms with Crippen LogP contribution in [0.4, 0.5) is 0 Å². The molecule has 0 radical (unpaired) electrons. The van der Waals surface area contributed by atoms with Crippen LogP contribution in [0, 0.1) is 0 Å². The second-order valence-electron chi connectivity index (χ2n) is 6.31. The lowest BCUT2D eigenvalue weighted by Crippen LogP contribution is -2.67. The number of aliphatic hydroxyl groups excluding tert-OH is 4. The van der Waals surface area contributed by atoms with Crippen molar-refractivity contribution in [3.05, 3.63) is 34.9 Å². The Hall–Kier alpha value is -0.820. The van der Waals surface area contributed by atoms with Gasteiger partial charge < -0.3 is 30.9 Å². The molecule has 0 aromatic heterocycles. The molecule has 7 atom stereocenters.